The molecule has 0 radical (unpaired) electrons. The van der Waals surface area contributed by atoms with Crippen LogP contribution in [0.2, 0.25) is 0 Å². The van der Waals surface area contributed by atoms with Crippen molar-refractivity contribution in [3.8, 4) is 0 Å². The molecule has 1 heterocycles. The fourth-order valence-electron chi connectivity index (χ4n) is 2.84. The van der Waals surface area contributed by atoms with E-state index < -0.39 is 5.97 Å². The molecule has 1 N–H and O–H groups in total. The van der Waals surface area contributed by atoms with Crippen LogP contribution >= 0.6 is 0 Å². The van der Waals surface area contributed by atoms with E-state index in [9.17, 15) is 9.18 Å². The summed E-state index contributed by atoms with van der Waals surface area (Å²) in [5.41, 5.74) is 1.95. The molecule has 1 aromatic rings. The summed E-state index contributed by atoms with van der Waals surface area (Å²) in [6, 6.07) is 4.88. The number of benzene rings is 1. The summed E-state index contributed by atoms with van der Waals surface area (Å²) in [5, 5.41) is 8.94. The fraction of sp³-hybridized carbons (Fsp3) is 0.588. The summed E-state index contributed by atoms with van der Waals surface area (Å²) in [5.74, 6) is -0.700. The van der Waals surface area contributed by atoms with Gasteiger partial charge in [0.2, 0.25) is 0 Å². The van der Waals surface area contributed by atoms with Crippen molar-refractivity contribution in [1.82, 2.24) is 4.90 Å². The Morgan fingerprint density at radius 3 is 2.77 bits per heavy atom. The van der Waals surface area contributed by atoms with Crippen molar-refractivity contribution in [3.63, 3.8) is 0 Å². The number of hydrogen-bond acceptors (Lipinski definition) is 3. The SMILES string of the molecule is CCC(C)CN(C)c1ccc(F)cc1CN1CC(C(=O)O)C1. The highest BCUT2D eigenvalue weighted by molar-refractivity contribution is 5.71. The number of halogens is 1. The molecule has 4 nitrogen and oxygen atoms in total. The Morgan fingerprint density at radius 1 is 1.50 bits per heavy atom. The van der Waals surface area contributed by atoms with E-state index in [1.54, 1.807) is 6.07 Å². The van der Waals surface area contributed by atoms with Crippen LogP contribution < -0.4 is 4.90 Å². The van der Waals surface area contributed by atoms with Crippen molar-refractivity contribution in [2.45, 2.75) is 26.8 Å². The summed E-state index contributed by atoms with van der Waals surface area (Å²) < 4.78 is 13.6. The monoisotopic (exact) mass is 308 g/mol. The standard InChI is InChI=1S/C17H25FN2O2/c1-4-12(2)8-19(3)16-6-5-15(18)7-13(16)9-20-10-14(11-20)17(21)22/h5-7,12,14H,4,8-11H2,1-3H3,(H,21,22). The number of carboxylic acid groups (broad SMARTS) is 1. The van der Waals surface area contributed by atoms with Gasteiger partial charge in [0.1, 0.15) is 5.82 Å². The van der Waals surface area contributed by atoms with Gasteiger partial charge >= 0.3 is 5.97 Å². The molecular weight excluding hydrogens is 283 g/mol. The minimum Gasteiger partial charge on any atom is -0.481 e. The number of carbonyl (C=O) groups is 1. The molecule has 0 spiro atoms. The molecular formula is C17H25FN2O2. The number of rotatable bonds is 7. The third-order valence-electron chi connectivity index (χ3n) is 4.44. The molecule has 0 bridgehead atoms. The summed E-state index contributed by atoms with van der Waals surface area (Å²) in [6.07, 6.45) is 1.10. The third-order valence-corrected chi connectivity index (χ3v) is 4.44. The largest absolute Gasteiger partial charge is 0.481 e. The normalized spacial score (nSPS) is 17.1. The molecule has 1 saturated heterocycles. The Morgan fingerprint density at radius 2 is 2.18 bits per heavy atom. The number of anilines is 1. The van der Waals surface area contributed by atoms with Gasteiger partial charge in [-0.1, -0.05) is 20.3 Å². The van der Waals surface area contributed by atoms with E-state index >= 15 is 0 Å². The molecule has 1 aliphatic rings. The molecule has 1 fully saturated rings. The Kier molecular flexibility index (Phi) is 5.40. The van der Waals surface area contributed by atoms with Crippen LogP contribution in [0.1, 0.15) is 25.8 Å². The summed E-state index contributed by atoms with van der Waals surface area (Å²) in [4.78, 5) is 15.1. The average molecular weight is 308 g/mol. The molecule has 1 aliphatic heterocycles. The Hall–Kier alpha value is -1.62. The molecule has 1 atom stereocenters. The fourth-order valence-corrected chi connectivity index (χ4v) is 2.84. The third kappa shape index (κ3) is 3.97. The van der Waals surface area contributed by atoms with Crippen molar-refractivity contribution in [1.29, 1.82) is 0 Å². The molecule has 122 valence electrons. The number of likely N-dealkylation sites (tertiary alicyclic amines) is 1. The zero-order chi connectivity index (χ0) is 16.3. The smallest absolute Gasteiger partial charge is 0.309 e. The first kappa shape index (κ1) is 16.7. The van der Waals surface area contributed by atoms with E-state index in [1.807, 2.05) is 18.0 Å². The van der Waals surface area contributed by atoms with Crippen LogP contribution in [-0.2, 0) is 11.3 Å². The maximum absolute atomic E-state index is 13.6. The lowest BCUT2D eigenvalue weighted by Crippen LogP contribution is -2.49. The van der Waals surface area contributed by atoms with Crippen LogP contribution in [0.15, 0.2) is 18.2 Å². The van der Waals surface area contributed by atoms with Gasteiger partial charge in [0.05, 0.1) is 5.92 Å². The molecule has 0 saturated carbocycles. The van der Waals surface area contributed by atoms with E-state index in [0.717, 1.165) is 24.2 Å². The minimum atomic E-state index is -0.746. The van der Waals surface area contributed by atoms with Gasteiger partial charge in [-0.25, -0.2) is 4.39 Å². The molecule has 22 heavy (non-hydrogen) atoms. The first-order valence-corrected chi connectivity index (χ1v) is 7.85. The predicted molar refractivity (Wildman–Crippen MR) is 85.5 cm³/mol. The number of carboxylic acids is 1. The lowest BCUT2D eigenvalue weighted by Gasteiger charge is -2.37. The van der Waals surface area contributed by atoms with E-state index in [1.165, 1.54) is 6.07 Å². The van der Waals surface area contributed by atoms with Crippen LogP contribution in [0.4, 0.5) is 10.1 Å². The van der Waals surface area contributed by atoms with Gasteiger partial charge in [-0.15, -0.1) is 0 Å². The second kappa shape index (κ2) is 7.09. The average Bonchev–Trinajstić information content (AvgIpc) is 2.41. The van der Waals surface area contributed by atoms with Gasteiger partial charge in [-0.05, 0) is 29.7 Å². The number of hydrogen-bond donors (Lipinski definition) is 1. The highest BCUT2D eigenvalue weighted by Gasteiger charge is 2.32. The first-order chi connectivity index (χ1) is 10.4. The van der Waals surface area contributed by atoms with Gasteiger partial charge < -0.3 is 10.0 Å². The van der Waals surface area contributed by atoms with Gasteiger partial charge in [0, 0.05) is 38.9 Å². The highest BCUT2D eigenvalue weighted by Crippen LogP contribution is 2.26. The number of aliphatic carboxylic acids is 1. The molecule has 1 aromatic carbocycles. The molecule has 0 aliphatic carbocycles. The second-order valence-corrected chi connectivity index (χ2v) is 6.40. The van der Waals surface area contributed by atoms with Crippen molar-refractivity contribution in [3.05, 3.63) is 29.6 Å². The predicted octanol–water partition coefficient (Wildman–Crippen LogP) is 2.82. The zero-order valence-corrected chi connectivity index (χ0v) is 13.6. The van der Waals surface area contributed by atoms with Crippen molar-refractivity contribution in [2.75, 3.05) is 31.6 Å². The Bertz CT molecular complexity index is 529. The van der Waals surface area contributed by atoms with Crippen molar-refractivity contribution >= 4 is 11.7 Å². The zero-order valence-electron chi connectivity index (χ0n) is 13.6. The molecule has 0 amide bonds. The minimum absolute atomic E-state index is 0.244. The van der Waals surface area contributed by atoms with E-state index in [2.05, 4.69) is 18.7 Å². The van der Waals surface area contributed by atoms with Crippen LogP contribution in [0.5, 0.6) is 0 Å². The summed E-state index contributed by atoms with van der Waals surface area (Å²) in [7, 11) is 2.03. The van der Waals surface area contributed by atoms with E-state index in [0.29, 0.717) is 25.6 Å². The molecule has 5 heteroatoms. The van der Waals surface area contributed by atoms with Crippen molar-refractivity contribution < 1.29 is 14.3 Å². The van der Waals surface area contributed by atoms with Gasteiger partial charge in [0.25, 0.3) is 0 Å². The Labute approximate surface area is 131 Å². The maximum atomic E-state index is 13.6. The lowest BCUT2D eigenvalue weighted by molar-refractivity contribution is -0.147. The van der Waals surface area contributed by atoms with E-state index in [4.69, 9.17) is 5.11 Å². The van der Waals surface area contributed by atoms with Crippen LogP contribution in [0, 0.1) is 17.7 Å². The van der Waals surface area contributed by atoms with Gasteiger partial charge in [-0.3, -0.25) is 9.69 Å². The molecule has 0 aromatic heterocycles. The van der Waals surface area contributed by atoms with Gasteiger partial charge in [-0.2, -0.15) is 0 Å². The summed E-state index contributed by atoms with van der Waals surface area (Å²) in [6.45, 7) is 6.97. The van der Waals surface area contributed by atoms with Gasteiger partial charge in [0.15, 0.2) is 0 Å². The second-order valence-electron chi connectivity index (χ2n) is 6.40. The highest BCUT2D eigenvalue weighted by atomic mass is 19.1. The Balaban J connectivity index is 2.06. The van der Waals surface area contributed by atoms with Crippen LogP contribution in [-0.4, -0.2) is 42.7 Å². The maximum Gasteiger partial charge on any atom is 0.309 e. The number of nitrogens with zero attached hydrogens (tertiary/aromatic N) is 2. The summed E-state index contributed by atoms with van der Waals surface area (Å²) >= 11 is 0. The lowest BCUT2D eigenvalue weighted by atomic mass is 9.99. The molecule has 2 rings (SSSR count). The van der Waals surface area contributed by atoms with Crippen LogP contribution in [0.25, 0.3) is 0 Å². The van der Waals surface area contributed by atoms with Crippen molar-refractivity contribution in [2.24, 2.45) is 11.8 Å². The van der Waals surface area contributed by atoms with Crippen LogP contribution in [0.3, 0.4) is 0 Å². The molecule has 1 unspecified atom stereocenters. The topological polar surface area (TPSA) is 43.8 Å². The first-order valence-electron chi connectivity index (χ1n) is 7.85. The van der Waals surface area contributed by atoms with E-state index in [-0.39, 0.29) is 11.7 Å². The quantitative estimate of drug-likeness (QED) is 0.841.